The number of ether oxygens (including phenoxy) is 1. The zero-order chi connectivity index (χ0) is 13.1. The fourth-order valence-electron chi connectivity index (χ4n) is 2.52. The van der Waals surface area contributed by atoms with Crippen LogP contribution in [0.25, 0.3) is 0 Å². The monoisotopic (exact) mass is 274 g/mol. The van der Waals surface area contributed by atoms with E-state index in [4.69, 9.17) is 4.74 Å². The van der Waals surface area contributed by atoms with Crippen LogP contribution in [0.15, 0.2) is 35.8 Å². The molecule has 100 valence electrons. The first-order valence-electron chi connectivity index (χ1n) is 6.61. The molecule has 3 rings (SSSR count). The molecule has 0 atom stereocenters. The van der Waals surface area contributed by atoms with E-state index >= 15 is 0 Å². The molecule has 0 amide bonds. The molecule has 0 aliphatic heterocycles. The molecule has 1 aromatic heterocycles. The Balaban J connectivity index is 1.49. The van der Waals surface area contributed by atoms with Gasteiger partial charge in [-0.25, -0.2) is 4.98 Å². The minimum absolute atomic E-state index is 0.625. The Hall–Kier alpha value is -1.39. The van der Waals surface area contributed by atoms with Gasteiger partial charge in [0, 0.05) is 24.2 Å². The second-order valence-electron chi connectivity index (χ2n) is 4.95. The quantitative estimate of drug-likeness (QED) is 0.909. The normalized spacial score (nSPS) is 21.9. The summed E-state index contributed by atoms with van der Waals surface area (Å²) in [5, 5.41) is 6.76. The predicted molar refractivity (Wildman–Crippen MR) is 77.7 cm³/mol. The van der Waals surface area contributed by atoms with Gasteiger partial charge < -0.3 is 10.1 Å². The van der Waals surface area contributed by atoms with Crippen molar-refractivity contribution in [3.63, 3.8) is 0 Å². The summed E-state index contributed by atoms with van der Waals surface area (Å²) in [5.74, 6) is 1.63. The van der Waals surface area contributed by atoms with Crippen LogP contribution < -0.4 is 10.1 Å². The number of hydrogen-bond acceptors (Lipinski definition) is 4. The van der Waals surface area contributed by atoms with Crippen molar-refractivity contribution >= 4 is 11.3 Å². The average Bonchev–Trinajstić information content (AvgIpc) is 2.90. The van der Waals surface area contributed by atoms with Gasteiger partial charge in [0.2, 0.25) is 0 Å². The minimum Gasteiger partial charge on any atom is -0.497 e. The van der Waals surface area contributed by atoms with Gasteiger partial charge in [-0.2, -0.15) is 0 Å². The Bertz CT molecular complexity index is 521. The number of rotatable bonds is 5. The Morgan fingerprint density at radius 1 is 1.42 bits per heavy atom. The van der Waals surface area contributed by atoms with Crippen LogP contribution in [0.3, 0.4) is 0 Å². The Kier molecular flexibility index (Phi) is 3.80. The molecule has 0 saturated heterocycles. The second kappa shape index (κ2) is 5.72. The standard InChI is InChI=1S/C15H18N2OS/c1-18-14-4-2-3-11(9-14)12-7-13(8-12)17-10-15-16-5-6-19-15/h2-6,9,12-13,17H,7-8,10H2,1H3. The Morgan fingerprint density at radius 2 is 2.32 bits per heavy atom. The molecule has 4 heteroatoms. The number of hydrogen-bond donors (Lipinski definition) is 1. The lowest BCUT2D eigenvalue weighted by atomic mass is 9.76. The summed E-state index contributed by atoms with van der Waals surface area (Å²) < 4.78 is 5.27. The molecule has 0 radical (unpaired) electrons. The largest absolute Gasteiger partial charge is 0.497 e. The third-order valence-corrected chi connectivity index (χ3v) is 4.51. The summed E-state index contributed by atoms with van der Waals surface area (Å²) in [7, 11) is 1.72. The lowest BCUT2D eigenvalue weighted by Gasteiger charge is -2.36. The van der Waals surface area contributed by atoms with Gasteiger partial charge in [-0.1, -0.05) is 12.1 Å². The summed E-state index contributed by atoms with van der Waals surface area (Å²) in [4.78, 5) is 4.29. The van der Waals surface area contributed by atoms with Crippen molar-refractivity contribution in [3.05, 3.63) is 46.4 Å². The van der Waals surface area contributed by atoms with Gasteiger partial charge in [-0.3, -0.25) is 0 Å². The van der Waals surface area contributed by atoms with Crippen molar-refractivity contribution in [1.82, 2.24) is 10.3 Å². The molecule has 1 aromatic carbocycles. The molecular formula is C15H18N2OS. The van der Waals surface area contributed by atoms with E-state index in [1.54, 1.807) is 18.4 Å². The number of nitrogens with one attached hydrogen (secondary N) is 1. The number of aromatic nitrogens is 1. The molecule has 2 aromatic rings. The molecule has 0 bridgehead atoms. The van der Waals surface area contributed by atoms with Crippen LogP contribution >= 0.6 is 11.3 Å². The summed E-state index contributed by atoms with van der Waals surface area (Å²) in [6.07, 6.45) is 4.28. The number of methoxy groups -OCH3 is 1. The van der Waals surface area contributed by atoms with Crippen molar-refractivity contribution in [2.24, 2.45) is 0 Å². The van der Waals surface area contributed by atoms with E-state index in [9.17, 15) is 0 Å². The lowest BCUT2D eigenvalue weighted by Crippen LogP contribution is -2.39. The molecule has 1 saturated carbocycles. The fourth-order valence-corrected chi connectivity index (χ4v) is 3.09. The summed E-state index contributed by atoms with van der Waals surface area (Å²) in [5.41, 5.74) is 1.40. The first kappa shape index (κ1) is 12.6. The average molecular weight is 274 g/mol. The summed E-state index contributed by atoms with van der Waals surface area (Å²) in [6, 6.07) is 9.05. The molecule has 19 heavy (non-hydrogen) atoms. The van der Waals surface area contributed by atoms with E-state index in [0.29, 0.717) is 12.0 Å². The van der Waals surface area contributed by atoms with Crippen LogP contribution in [-0.4, -0.2) is 18.1 Å². The number of benzene rings is 1. The van der Waals surface area contributed by atoms with Gasteiger partial charge in [0.25, 0.3) is 0 Å². The maximum absolute atomic E-state index is 5.27. The molecule has 0 spiro atoms. The maximum Gasteiger partial charge on any atom is 0.119 e. The topological polar surface area (TPSA) is 34.1 Å². The highest BCUT2D eigenvalue weighted by Gasteiger charge is 2.30. The third-order valence-electron chi connectivity index (χ3n) is 3.73. The van der Waals surface area contributed by atoms with Gasteiger partial charge >= 0.3 is 0 Å². The Morgan fingerprint density at radius 3 is 3.05 bits per heavy atom. The van der Waals surface area contributed by atoms with E-state index in [1.807, 2.05) is 17.6 Å². The first-order chi connectivity index (χ1) is 9.35. The second-order valence-corrected chi connectivity index (χ2v) is 5.93. The van der Waals surface area contributed by atoms with Crippen LogP contribution in [0, 0.1) is 0 Å². The summed E-state index contributed by atoms with van der Waals surface area (Å²) in [6.45, 7) is 0.896. The zero-order valence-corrected chi connectivity index (χ0v) is 11.8. The van der Waals surface area contributed by atoms with E-state index in [0.717, 1.165) is 12.3 Å². The highest BCUT2D eigenvalue weighted by Crippen LogP contribution is 2.38. The molecular weight excluding hydrogens is 256 g/mol. The van der Waals surface area contributed by atoms with Crippen LogP contribution in [0.4, 0.5) is 0 Å². The lowest BCUT2D eigenvalue weighted by molar-refractivity contribution is 0.288. The Labute approximate surface area is 117 Å². The first-order valence-corrected chi connectivity index (χ1v) is 7.49. The molecule has 1 fully saturated rings. The molecule has 1 heterocycles. The van der Waals surface area contributed by atoms with Gasteiger partial charge in [-0.15, -0.1) is 11.3 Å². The van der Waals surface area contributed by atoms with E-state index in [2.05, 4.69) is 28.5 Å². The summed E-state index contributed by atoms with van der Waals surface area (Å²) >= 11 is 1.71. The van der Waals surface area contributed by atoms with Gasteiger partial charge in [0.15, 0.2) is 0 Å². The highest BCUT2D eigenvalue weighted by molar-refractivity contribution is 7.09. The van der Waals surface area contributed by atoms with Crippen molar-refractivity contribution in [3.8, 4) is 5.75 Å². The maximum atomic E-state index is 5.27. The predicted octanol–water partition coefficient (Wildman–Crippen LogP) is 3.19. The van der Waals surface area contributed by atoms with Crippen LogP contribution in [0.2, 0.25) is 0 Å². The van der Waals surface area contributed by atoms with Crippen molar-refractivity contribution in [2.45, 2.75) is 31.3 Å². The fraction of sp³-hybridized carbons (Fsp3) is 0.400. The van der Waals surface area contributed by atoms with E-state index in [1.165, 1.54) is 23.4 Å². The van der Waals surface area contributed by atoms with Crippen LogP contribution in [0.1, 0.15) is 29.3 Å². The highest BCUT2D eigenvalue weighted by atomic mass is 32.1. The molecule has 1 aliphatic rings. The van der Waals surface area contributed by atoms with E-state index in [-0.39, 0.29) is 0 Å². The third kappa shape index (κ3) is 2.96. The van der Waals surface area contributed by atoms with Crippen molar-refractivity contribution < 1.29 is 4.74 Å². The SMILES string of the molecule is COc1cccc(C2CC(NCc3nccs3)C2)c1. The van der Waals surface area contributed by atoms with Gasteiger partial charge in [-0.05, 0) is 36.5 Å². The smallest absolute Gasteiger partial charge is 0.119 e. The van der Waals surface area contributed by atoms with Crippen LogP contribution in [-0.2, 0) is 6.54 Å². The molecule has 3 nitrogen and oxygen atoms in total. The van der Waals surface area contributed by atoms with Crippen molar-refractivity contribution in [1.29, 1.82) is 0 Å². The van der Waals surface area contributed by atoms with Gasteiger partial charge in [0.05, 0.1) is 7.11 Å². The van der Waals surface area contributed by atoms with Gasteiger partial charge in [0.1, 0.15) is 10.8 Å². The van der Waals surface area contributed by atoms with E-state index < -0.39 is 0 Å². The van der Waals surface area contributed by atoms with Crippen LogP contribution in [0.5, 0.6) is 5.75 Å². The molecule has 1 aliphatic carbocycles. The molecule has 1 N–H and O–H groups in total. The minimum atomic E-state index is 0.625. The number of nitrogens with zero attached hydrogens (tertiary/aromatic N) is 1. The zero-order valence-electron chi connectivity index (χ0n) is 11.0. The number of thiazole rings is 1. The molecule has 0 unspecified atom stereocenters. The van der Waals surface area contributed by atoms with Crippen molar-refractivity contribution in [2.75, 3.05) is 7.11 Å².